The van der Waals surface area contributed by atoms with Crippen LogP contribution in [0.4, 0.5) is 0 Å². The van der Waals surface area contributed by atoms with E-state index in [1.165, 1.54) is 26.4 Å². The van der Waals surface area contributed by atoms with Crippen LogP contribution < -0.4 is 0 Å². The first-order chi connectivity index (χ1) is 12.6. The fourth-order valence-corrected chi connectivity index (χ4v) is 2.56. The third-order valence-electron chi connectivity index (χ3n) is 4.46. The van der Waals surface area contributed by atoms with Crippen molar-refractivity contribution in [3.05, 3.63) is 24.3 Å². The standard InChI is InChI=1S/C22H38O5/c1-21(2,15-11-19(23)25-5)13-7-9-17-27-18-10-8-14-22(3,4)16-12-20(24)26-6/h11-12,15-16H,7-10,13-14,17-18H2,1-6H3/b15-11+,16-12+. The minimum Gasteiger partial charge on any atom is -0.466 e. The van der Waals surface area contributed by atoms with Crippen LogP contribution in [0.25, 0.3) is 0 Å². The number of rotatable bonds is 14. The van der Waals surface area contributed by atoms with Crippen molar-refractivity contribution in [2.75, 3.05) is 27.4 Å². The lowest BCUT2D eigenvalue weighted by Crippen LogP contribution is -2.10. The number of carbonyl (C=O) groups excluding carboxylic acids is 2. The van der Waals surface area contributed by atoms with Crippen molar-refractivity contribution < 1.29 is 23.8 Å². The van der Waals surface area contributed by atoms with Crippen LogP contribution >= 0.6 is 0 Å². The Kier molecular flexibility index (Phi) is 12.7. The normalized spacial score (nSPS) is 12.7. The maximum atomic E-state index is 11.1. The molecule has 5 nitrogen and oxygen atoms in total. The van der Waals surface area contributed by atoms with Crippen LogP contribution in [0.3, 0.4) is 0 Å². The van der Waals surface area contributed by atoms with E-state index in [0.29, 0.717) is 0 Å². The molecule has 0 spiro atoms. The van der Waals surface area contributed by atoms with E-state index in [2.05, 4.69) is 37.2 Å². The quantitative estimate of drug-likeness (QED) is 0.244. The van der Waals surface area contributed by atoms with E-state index in [-0.39, 0.29) is 22.8 Å². The summed E-state index contributed by atoms with van der Waals surface area (Å²) in [6.07, 6.45) is 13.0. The van der Waals surface area contributed by atoms with Crippen LogP contribution in [0.2, 0.25) is 0 Å². The van der Waals surface area contributed by atoms with Gasteiger partial charge < -0.3 is 14.2 Å². The van der Waals surface area contributed by atoms with Gasteiger partial charge in [0.1, 0.15) is 0 Å². The molecule has 0 unspecified atom stereocenters. The molecule has 0 saturated carbocycles. The maximum Gasteiger partial charge on any atom is 0.330 e. The van der Waals surface area contributed by atoms with Gasteiger partial charge in [-0.2, -0.15) is 0 Å². The smallest absolute Gasteiger partial charge is 0.330 e. The second-order valence-corrected chi connectivity index (χ2v) is 8.22. The maximum absolute atomic E-state index is 11.1. The van der Waals surface area contributed by atoms with E-state index in [9.17, 15) is 9.59 Å². The number of unbranched alkanes of at least 4 members (excludes halogenated alkanes) is 2. The van der Waals surface area contributed by atoms with Crippen LogP contribution in [-0.4, -0.2) is 39.4 Å². The first-order valence-electron chi connectivity index (χ1n) is 9.74. The summed E-state index contributed by atoms with van der Waals surface area (Å²) < 4.78 is 14.9. The molecule has 0 radical (unpaired) electrons. The first kappa shape index (κ1) is 25.4. The lowest BCUT2D eigenvalue weighted by Gasteiger charge is -2.20. The SMILES string of the molecule is COC(=O)/C=C/C(C)(C)CCCCOCCCCC(C)(C)/C=C/C(=O)OC. The van der Waals surface area contributed by atoms with E-state index < -0.39 is 0 Å². The van der Waals surface area contributed by atoms with Crippen molar-refractivity contribution in [2.24, 2.45) is 10.8 Å². The molecule has 0 amide bonds. The van der Waals surface area contributed by atoms with E-state index in [1.54, 1.807) is 0 Å². The molecule has 0 aliphatic heterocycles. The Morgan fingerprint density at radius 2 is 1.07 bits per heavy atom. The molecular weight excluding hydrogens is 344 g/mol. The fraction of sp³-hybridized carbons (Fsp3) is 0.727. The van der Waals surface area contributed by atoms with Gasteiger partial charge in [-0.25, -0.2) is 9.59 Å². The highest BCUT2D eigenvalue weighted by Crippen LogP contribution is 2.26. The molecule has 27 heavy (non-hydrogen) atoms. The van der Waals surface area contributed by atoms with Gasteiger partial charge in [0.25, 0.3) is 0 Å². The average Bonchev–Trinajstić information content (AvgIpc) is 2.62. The molecule has 0 heterocycles. The fourth-order valence-electron chi connectivity index (χ4n) is 2.56. The van der Waals surface area contributed by atoms with Gasteiger partial charge in [0.05, 0.1) is 14.2 Å². The Morgan fingerprint density at radius 3 is 1.41 bits per heavy atom. The Labute approximate surface area is 165 Å². The monoisotopic (exact) mass is 382 g/mol. The van der Waals surface area contributed by atoms with Gasteiger partial charge >= 0.3 is 11.9 Å². The second kappa shape index (κ2) is 13.5. The number of allylic oxidation sites excluding steroid dienone is 2. The molecule has 0 saturated heterocycles. The van der Waals surface area contributed by atoms with Gasteiger partial charge in [0.2, 0.25) is 0 Å². The molecule has 0 aromatic heterocycles. The van der Waals surface area contributed by atoms with Crippen LogP contribution in [0.15, 0.2) is 24.3 Å². The lowest BCUT2D eigenvalue weighted by molar-refractivity contribution is -0.135. The molecule has 0 aromatic carbocycles. The Morgan fingerprint density at radius 1 is 0.704 bits per heavy atom. The number of hydrogen-bond donors (Lipinski definition) is 0. The summed E-state index contributed by atoms with van der Waals surface area (Å²) >= 11 is 0. The highest BCUT2D eigenvalue weighted by molar-refractivity contribution is 5.82. The van der Waals surface area contributed by atoms with Crippen LogP contribution in [0, 0.1) is 10.8 Å². The number of ether oxygens (including phenoxy) is 3. The van der Waals surface area contributed by atoms with E-state index in [4.69, 9.17) is 4.74 Å². The summed E-state index contributed by atoms with van der Waals surface area (Å²) in [6.45, 7) is 9.99. The Hall–Kier alpha value is -1.62. The van der Waals surface area contributed by atoms with Gasteiger partial charge in [-0.1, -0.05) is 52.7 Å². The third kappa shape index (κ3) is 15.2. The number of hydrogen-bond acceptors (Lipinski definition) is 5. The van der Waals surface area contributed by atoms with Crippen LogP contribution in [0.5, 0.6) is 0 Å². The molecule has 5 heteroatoms. The summed E-state index contributed by atoms with van der Waals surface area (Å²) in [4.78, 5) is 22.3. The van der Waals surface area contributed by atoms with Crippen LogP contribution in [-0.2, 0) is 23.8 Å². The molecular formula is C22H38O5. The summed E-state index contributed by atoms with van der Waals surface area (Å²) in [5.41, 5.74) is -0.0328. The summed E-state index contributed by atoms with van der Waals surface area (Å²) in [7, 11) is 2.77. The largest absolute Gasteiger partial charge is 0.466 e. The van der Waals surface area contributed by atoms with E-state index in [0.717, 1.165) is 51.7 Å². The molecule has 0 aliphatic carbocycles. The third-order valence-corrected chi connectivity index (χ3v) is 4.46. The Balaban J connectivity index is 3.75. The van der Waals surface area contributed by atoms with Gasteiger partial charge in [0, 0.05) is 25.4 Å². The summed E-state index contributed by atoms with van der Waals surface area (Å²) in [5, 5.41) is 0. The van der Waals surface area contributed by atoms with E-state index in [1.807, 2.05) is 12.2 Å². The van der Waals surface area contributed by atoms with Gasteiger partial charge in [-0.15, -0.1) is 0 Å². The van der Waals surface area contributed by atoms with Gasteiger partial charge in [-0.3, -0.25) is 0 Å². The highest BCUT2D eigenvalue weighted by Gasteiger charge is 2.15. The van der Waals surface area contributed by atoms with Gasteiger partial charge in [0.15, 0.2) is 0 Å². The molecule has 0 rings (SSSR count). The van der Waals surface area contributed by atoms with Crippen molar-refractivity contribution in [1.29, 1.82) is 0 Å². The minimum absolute atomic E-state index is 0.0164. The van der Waals surface area contributed by atoms with Crippen molar-refractivity contribution in [2.45, 2.75) is 66.2 Å². The summed E-state index contributed by atoms with van der Waals surface area (Å²) in [5.74, 6) is -0.620. The lowest BCUT2D eigenvalue weighted by atomic mass is 9.87. The molecule has 0 fully saturated rings. The van der Waals surface area contributed by atoms with Crippen molar-refractivity contribution >= 4 is 11.9 Å². The van der Waals surface area contributed by atoms with Crippen LogP contribution in [0.1, 0.15) is 66.2 Å². The summed E-state index contributed by atoms with van der Waals surface area (Å²) in [6, 6.07) is 0. The average molecular weight is 383 g/mol. The molecule has 0 aromatic rings. The zero-order valence-electron chi connectivity index (χ0n) is 18.0. The predicted octanol–water partition coefficient (Wildman–Crippen LogP) is 4.85. The number of methoxy groups -OCH3 is 2. The predicted molar refractivity (Wildman–Crippen MR) is 108 cm³/mol. The highest BCUT2D eigenvalue weighted by atomic mass is 16.5. The zero-order valence-corrected chi connectivity index (χ0v) is 18.0. The topological polar surface area (TPSA) is 61.8 Å². The van der Waals surface area contributed by atoms with Crippen molar-refractivity contribution in [1.82, 2.24) is 0 Å². The Bertz CT molecular complexity index is 445. The molecule has 0 bridgehead atoms. The minimum atomic E-state index is -0.310. The van der Waals surface area contributed by atoms with Crippen molar-refractivity contribution in [3.63, 3.8) is 0 Å². The molecule has 0 N–H and O–H groups in total. The number of esters is 2. The van der Waals surface area contributed by atoms with E-state index >= 15 is 0 Å². The van der Waals surface area contributed by atoms with Crippen molar-refractivity contribution in [3.8, 4) is 0 Å². The molecule has 0 atom stereocenters. The molecule has 156 valence electrons. The molecule has 0 aliphatic rings. The number of carbonyl (C=O) groups is 2. The van der Waals surface area contributed by atoms with Gasteiger partial charge in [-0.05, 0) is 36.5 Å². The second-order valence-electron chi connectivity index (χ2n) is 8.22. The first-order valence-corrected chi connectivity index (χ1v) is 9.74. The zero-order chi connectivity index (χ0) is 20.8.